The molecule has 1 N–H and O–H groups in total. The zero-order valence-corrected chi connectivity index (χ0v) is 17.7. The van der Waals surface area contributed by atoms with E-state index >= 15 is 8.78 Å². The summed E-state index contributed by atoms with van der Waals surface area (Å²) in [4.78, 5) is 27.9. The second kappa shape index (κ2) is 8.55. The van der Waals surface area contributed by atoms with Gasteiger partial charge in [0.2, 0.25) is 5.43 Å². The van der Waals surface area contributed by atoms with E-state index in [4.69, 9.17) is 4.74 Å². The van der Waals surface area contributed by atoms with E-state index in [1.165, 1.54) is 10.8 Å². The number of hydrogen-bond acceptors (Lipinski definition) is 5. The Labute approximate surface area is 178 Å². The lowest BCUT2D eigenvalue weighted by Gasteiger charge is -2.37. The molecule has 1 aromatic carbocycles. The summed E-state index contributed by atoms with van der Waals surface area (Å²) >= 11 is 0. The number of likely N-dealkylation sites (N-methyl/N-ethyl adjacent to an activating group) is 1. The number of aromatic nitrogens is 1. The van der Waals surface area contributed by atoms with E-state index in [2.05, 4.69) is 18.7 Å². The third kappa shape index (κ3) is 4.04. The highest BCUT2D eigenvalue weighted by Gasteiger charge is 2.32. The van der Waals surface area contributed by atoms with Gasteiger partial charge in [0.25, 0.3) is 0 Å². The third-order valence-electron chi connectivity index (χ3n) is 6.17. The molecule has 0 spiro atoms. The summed E-state index contributed by atoms with van der Waals surface area (Å²) in [5, 5.41) is 9.13. The summed E-state index contributed by atoms with van der Waals surface area (Å²) < 4.78 is 38.2. The zero-order valence-electron chi connectivity index (χ0n) is 17.7. The minimum atomic E-state index is -1.40. The van der Waals surface area contributed by atoms with E-state index in [0.717, 1.165) is 32.0 Å². The van der Waals surface area contributed by atoms with Crippen molar-refractivity contribution in [2.24, 2.45) is 0 Å². The average molecular weight is 435 g/mol. The number of pyridine rings is 1. The van der Waals surface area contributed by atoms with Gasteiger partial charge in [-0.2, -0.15) is 0 Å². The Morgan fingerprint density at radius 1 is 1.29 bits per heavy atom. The number of aromatic carboxylic acids is 1. The van der Waals surface area contributed by atoms with E-state index in [0.29, 0.717) is 26.2 Å². The fraction of sp³-hybridized carbons (Fsp3) is 0.545. The highest BCUT2D eigenvalue weighted by Crippen LogP contribution is 2.39. The van der Waals surface area contributed by atoms with Crippen molar-refractivity contribution in [1.82, 2.24) is 9.47 Å². The Morgan fingerprint density at radius 2 is 2.00 bits per heavy atom. The first-order valence-corrected chi connectivity index (χ1v) is 10.7. The van der Waals surface area contributed by atoms with Crippen molar-refractivity contribution in [1.29, 1.82) is 0 Å². The smallest absolute Gasteiger partial charge is 0.341 e. The molecular formula is C22H27F2N3O4. The Kier molecular flexibility index (Phi) is 5.98. The van der Waals surface area contributed by atoms with Crippen LogP contribution in [0.5, 0.6) is 0 Å². The van der Waals surface area contributed by atoms with Crippen LogP contribution >= 0.6 is 0 Å². The number of hydrogen-bond donors (Lipinski definition) is 1. The van der Waals surface area contributed by atoms with Crippen molar-refractivity contribution in [3.63, 3.8) is 0 Å². The normalized spacial score (nSPS) is 19.4. The Morgan fingerprint density at radius 3 is 2.61 bits per heavy atom. The molecule has 1 aromatic heterocycles. The van der Waals surface area contributed by atoms with E-state index < -0.39 is 28.6 Å². The SMILES string of the molecule is CCN(CC)CC1CN(c2c(F)cc3c(=O)c(C(=O)O)cn(C4CC4)c3c2F)CCO1. The number of ether oxygens (including phenoxy) is 1. The van der Waals surface area contributed by atoms with Gasteiger partial charge in [-0.3, -0.25) is 4.79 Å². The van der Waals surface area contributed by atoms with Crippen molar-refractivity contribution in [2.45, 2.75) is 38.8 Å². The van der Waals surface area contributed by atoms with E-state index in [9.17, 15) is 14.7 Å². The van der Waals surface area contributed by atoms with Crippen molar-refractivity contribution in [2.75, 3.05) is 44.2 Å². The lowest BCUT2D eigenvalue weighted by atomic mass is 10.1. The Hall–Kier alpha value is -2.52. The monoisotopic (exact) mass is 435 g/mol. The summed E-state index contributed by atoms with van der Waals surface area (Å²) in [6.07, 6.45) is 2.51. The maximum Gasteiger partial charge on any atom is 0.341 e. The van der Waals surface area contributed by atoms with E-state index in [1.54, 1.807) is 4.90 Å². The highest BCUT2D eigenvalue weighted by molar-refractivity contribution is 5.94. The van der Waals surface area contributed by atoms with Crippen LogP contribution in [0.15, 0.2) is 17.1 Å². The number of morpholine rings is 1. The Bertz CT molecular complexity index is 1060. The van der Waals surface area contributed by atoms with Gasteiger partial charge in [0.1, 0.15) is 17.1 Å². The molecule has 9 heteroatoms. The van der Waals surface area contributed by atoms with E-state index in [1.807, 2.05) is 0 Å². The predicted molar refractivity (Wildman–Crippen MR) is 113 cm³/mol. The molecular weight excluding hydrogens is 408 g/mol. The minimum absolute atomic E-state index is 0.0271. The first-order valence-electron chi connectivity index (χ1n) is 10.7. The first-order chi connectivity index (χ1) is 14.8. The number of fused-ring (bicyclic) bond motifs is 1. The number of carbonyl (C=O) groups is 1. The molecule has 1 unspecified atom stereocenters. The maximum atomic E-state index is 15.8. The number of nitrogens with zero attached hydrogens (tertiary/aromatic N) is 3. The topological polar surface area (TPSA) is 75.0 Å². The third-order valence-corrected chi connectivity index (χ3v) is 6.17. The van der Waals surface area contributed by atoms with Gasteiger partial charge in [0, 0.05) is 31.9 Å². The molecule has 0 radical (unpaired) electrons. The lowest BCUT2D eigenvalue weighted by Crippen LogP contribution is -2.48. The number of carboxylic acids is 1. The molecule has 0 bridgehead atoms. The number of rotatable bonds is 7. The molecule has 0 amide bonds. The van der Waals surface area contributed by atoms with Gasteiger partial charge in [0.15, 0.2) is 5.82 Å². The van der Waals surface area contributed by atoms with Gasteiger partial charge < -0.3 is 24.2 Å². The average Bonchev–Trinajstić information content (AvgIpc) is 3.58. The molecule has 2 fully saturated rings. The standard InChI is InChI=1S/C22H27F2N3O4/c1-3-25(4-2)10-14-11-26(7-8-31-14)20-17(23)9-15-19(18(20)24)27(13-5-6-13)12-16(21(15)28)22(29)30/h9,12-14H,3-8,10-11H2,1-2H3,(H,29,30). The van der Waals surface area contributed by atoms with Crippen LogP contribution in [0.2, 0.25) is 0 Å². The maximum absolute atomic E-state index is 15.8. The highest BCUT2D eigenvalue weighted by atomic mass is 19.1. The molecule has 1 saturated heterocycles. The zero-order chi connectivity index (χ0) is 22.3. The van der Waals surface area contributed by atoms with Crippen LogP contribution in [0.1, 0.15) is 43.1 Å². The molecule has 31 heavy (non-hydrogen) atoms. The summed E-state index contributed by atoms with van der Waals surface area (Å²) in [6, 6.07) is 0.894. The summed E-state index contributed by atoms with van der Waals surface area (Å²) in [7, 11) is 0. The summed E-state index contributed by atoms with van der Waals surface area (Å²) in [6.45, 7) is 7.48. The number of anilines is 1. The van der Waals surface area contributed by atoms with Crippen LogP contribution in [0.3, 0.4) is 0 Å². The van der Waals surface area contributed by atoms with Crippen molar-refractivity contribution in [3.05, 3.63) is 39.7 Å². The van der Waals surface area contributed by atoms with Crippen molar-refractivity contribution >= 4 is 22.6 Å². The second-order valence-corrected chi connectivity index (χ2v) is 8.16. The number of halogens is 2. The molecule has 1 aliphatic heterocycles. The fourth-order valence-electron chi connectivity index (χ4n) is 4.32. The van der Waals surface area contributed by atoms with Gasteiger partial charge in [-0.05, 0) is 32.0 Å². The van der Waals surface area contributed by atoms with E-state index in [-0.39, 0.29) is 28.7 Å². The molecule has 2 aliphatic rings. The van der Waals surface area contributed by atoms with Crippen LogP contribution in [0.4, 0.5) is 14.5 Å². The minimum Gasteiger partial charge on any atom is -0.477 e. The van der Waals surface area contributed by atoms with Gasteiger partial charge >= 0.3 is 5.97 Å². The van der Waals surface area contributed by atoms with Crippen molar-refractivity contribution in [3.8, 4) is 0 Å². The molecule has 4 rings (SSSR count). The van der Waals surface area contributed by atoms with Gasteiger partial charge in [-0.1, -0.05) is 13.8 Å². The molecule has 2 heterocycles. The number of carboxylic acid groups (broad SMARTS) is 1. The molecule has 168 valence electrons. The van der Waals surface area contributed by atoms with Gasteiger partial charge in [-0.25, -0.2) is 13.6 Å². The Balaban J connectivity index is 1.79. The van der Waals surface area contributed by atoms with Crippen LogP contribution in [0.25, 0.3) is 10.9 Å². The first kappa shape index (κ1) is 21.7. The second-order valence-electron chi connectivity index (χ2n) is 8.16. The summed E-state index contributed by atoms with van der Waals surface area (Å²) in [5.41, 5.74) is -1.56. The van der Waals surface area contributed by atoms with Gasteiger partial charge in [0.05, 0.1) is 23.6 Å². The fourth-order valence-corrected chi connectivity index (χ4v) is 4.32. The van der Waals surface area contributed by atoms with Crippen molar-refractivity contribution < 1.29 is 23.4 Å². The molecule has 1 atom stereocenters. The largest absolute Gasteiger partial charge is 0.477 e. The van der Waals surface area contributed by atoms with Crippen LogP contribution in [-0.2, 0) is 4.74 Å². The number of benzene rings is 1. The molecule has 7 nitrogen and oxygen atoms in total. The quantitative estimate of drug-likeness (QED) is 0.721. The lowest BCUT2D eigenvalue weighted by molar-refractivity contribution is 0.0173. The summed E-state index contributed by atoms with van der Waals surface area (Å²) in [5.74, 6) is -3.09. The predicted octanol–water partition coefficient (Wildman–Crippen LogP) is 2.86. The molecule has 1 aliphatic carbocycles. The van der Waals surface area contributed by atoms with Crippen LogP contribution < -0.4 is 10.3 Å². The van der Waals surface area contributed by atoms with Crippen LogP contribution in [0, 0.1) is 11.6 Å². The molecule has 2 aromatic rings. The van der Waals surface area contributed by atoms with Crippen LogP contribution in [-0.4, -0.2) is 66.0 Å². The van der Waals surface area contributed by atoms with Gasteiger partial charge in [-0.15, -0.1) is 0 Å². The molecule has 1 saturated carbocycles.